The van der Waals surface area contributed by atoms with Gasteiger partial charge in [-0.25, -0.2) is 0 Å². The van der Waals surface area contributed by atoms with Crippen molar-refractivity contribution in [1.82, 2.24) is 0 Å². The molecular weight excluding hydrogens is 301 g/mol. The Kier molecular flexibility index (Phi) is 214. The van der Waals surface area contributed by atoms with Crippen LogP contribution in [0.1, 0.15) is 0 Å². The molecule has 0 atom stereocenters. The molecule has 0 amide bonds. The zero-order valence-electron chi connectivity index (χ0n) is 9.26. The smallest absolute Gasteiger partial charge is 0.444 e. The third-order valence-corrected chi connectivity index (χ3v) is 0.333. The summed E-state index contributed by atoms with van der Waals surface area (Å²) in [6.07, 6.45) is 0. The fourth-order valence-corrected chi connectivity index (χ4v) is 0. The van der Waals surface area contributed by atoms with E-state index in [1.165, 1.54) is 0 Å². The Morgan fingerprint density at radius 1 is 0.611 bits per heavy atom. The molecule has 0 aliphatic rings. The molecule has 8 N–H and O–H groups in total. The quantitative estimate of drug-likeness (QED) is 0.340. The Bertz CT molecular complexity index is 99.8. The summed E-state index contributed by atoms with van der Waals surface area (Å²) >= 11 is 0. The summed E-state index contributed by atoms with van der Waals surface area (Å²) in [7, 11) is 0. The molecule has 0 fully saturated rings. The van der Waals surface area contributed by atoms with Gasteiger partial charge in [-0.05, 0) is 0 Å². The molecule has 0 heterocycles. The molecule has 0 radical (unpaired) electrons. The van der Waals surface area contributed by atoms with Crippen LogP contribution in [0.2, 0.25) is 0 Å². The Labute approximate surface area is 113 Å². The second-order valence-corrected chi connectivity index (χ2v) is 1.38. The van der Waals surface area contributed by atoms with Crippen LogP contribution in [0.5, 0.6) is 0 Å². The zero-order valence-corrected chi connectivity index (χ0v) is 10.3. The second kappa shape index (κ2) is 107. The molecule has 112 valence electrons. The number of hydrogen-bond donors (Lipinski definition) is 4. The van der Waals surface area contributed by atoms with Crippen LogP contribution in [0.15, 0.2) is 16.0 Å². The van der Waals surface area contributed by atoms with E-state index >= 15 is 0 Å². The second-order valence-electron chi connectivity index (χ2n) is 1.38. The van der Waals surface area contributed by atoms with Crippen LogP contribution in [0.25, 0.3) is 0 Å². The van der Waals surface area contributed by atoms with Gasteiger partial charge in [0, 0.05) is 26.2 Å². The Morgan fingerprint density at radius 2 is 0.667 bits per heavy atom. The molecule has 0 rings (SSSR count). The number of hydrogen-bond acceptors (Lipinski definition) is 13. The number of nitrogens with zero attached hydrogens (tertiary/aromatic N) is 3. The van der Waals surface area contributed by atoms with Crippen molar-refractivity contribution in [2.24, 2.45) is 39.0 Å². The standard InChI is InChI=1S/2C2H8N2.Co.3HNO2/c2*3-1-2-4;;3*2-1-3/h2*1-4H2;;3*(H,2,3)/q;;+3;;;/p-3. The normalized spacial score (nSPS) is 5.33. The molecule has 0 aromatic rings. The molecule has 0 saturated carbocycles. The molecule has 0 aliphatic heterocycles. The molecule has 0 aliphatic carbocycles. The number of rotatable bonds is 2. The topological polar surface area (TPSA) is 262 Å². The minimum Gasteiger partial charge on any atom is -0.444 e. The van der Waals surface area contributed by atoms with E-state index in [0.717, 1.165) is 16.0 Å². The Morgan fingerprint density at radius 3 is 0.667 bits per heavy atom. The summed E-state index contributed by atoms with van der Waals surface area (Å²) in [5.41, 5.74) is 19.6. The van der Waals surface area contributed by atoms with Crippen molar-refractivity contribution in [2.45, 2.75) is 0 Å². The maximum absolute atomic E-state index is 8.00. The van der Waals surface area contributed by atoms with Gasteiger partial charge >= 0.3 is 16.8 Å². The molecule has 0 aromatic heterocycles. The fraction of sp³-hybridized carbons (Fsp3) is 1.00. The van der Waals surface area contributed by atoms with Gasteiger partial charge in [0.2, 0.25) is 0 Å². The van der Waals surface area contributed by atoms with Crippen LogP contribution in [0.4, 0.5) is 0 Å². The molecule has 0 unspecified atom stereocenters. The van der Waals surface area contributed by atoms with Gasteiger partial charge in [-0.15, -0.1) is 16.0 Å². The molecule has 0 aromatic carbocycles. The van der Waals surface area contributed by atoms with Crippen molar-refractivity contribution >= 4 is 0 Å². The molecular formula is C4H16CoN7O6. The van der Waals surface area contributed by atoms with Crippen molar-refractivity contribution in [3.05, 3.63) is 30.3 Å². The van der Waals surface area contributed by atoms with Crippen LogP contribution < -0.4 is 22.9 Å². The predicted molar refractivity (Wildman–Crippen MR) is 63.7 cm³/mol. The summed E-state index contributed by atoms with van der Waals surface area (Å²) < 4.78 is 0. The van der Waals surface area contributed by atoms with Gasteiger partial charge in [0.25, 0.3) is 0 Å². The Hall–Kier alpha value is -1.45. The van der Waals surface area contributed by atoms with Crippen molar-refractivity contribution in [3.8, 4) is 0 Å². The van der Waals surface area contributed by atoms with Gasteiger partial charge < -0.3 is 53.3 Å². The first-order valence-electron chi connectivity index (χ1n) is 3.73. The van der Waals surface area contributed by atoms with E-state index in [1.54, 1.807) is 0 Å². The maximum Gasteiger partial charge on any atom is 3.00 e. The zero-order chi connectivity index (χ0) is 14.9. The SMILES string of the molecule is NCCN.NCCN.O=N[O-].O=N[O-].O=N[O-].[Co+3]. The van der Waals surface area contributed by atoms with Crippen molar-refractivity contribution in [3.63, 3.8) is 0 Å². The predicted octanol–water partition coefficient (Wildman–Crippen LogP) is -1.44. The maximum atomic E-state index is 8.00. The monoisotopic (exact) mass is 317 g/mol. The van der Waals surface area contributed by atoms with Gasteiger partial charge in [-0.2, -0.15) is 0 Å². The van der Waals surface area contributed by atoms with Crippen LogP contribution >= 0.6 is 0 Å². The van der Waals surface area contributed by atoms with Gasteiger partial charge in [0.15, 0.2) is 0 Å². The largest absolute Gasteiger partial charge is 3.00 e. The number of nitrogens with two attached hydrogens (primary N) is 4. The Balaban J connectivity index is -0.0000000249. The van der Waals surface area contributed by atoms with E-state index in [1.807, 2.05) is 0 Å². The fourth-order valence-electron chi connectivity index (χ4n) is 0. The molecule has 13 nitrogen and oxygen atoms in total. The van der Waals surface area contributed by atoms with Crippen LogP contribution in [-0.4, -0.2) is 26.2 Å². The molecule has 0 saturated heterocycles. The van der Waals surface area contributed by atoms with Gasteiger partial charge in [0.05, 0.1) is 0 Å². The molecule has 0 spiro atoms. The van der Waals surface area contributed by atoms with Gasteiger partial charge in [0.1, 0.15) is 0 Å². The summed E-state index contributed by atoms with van der Waals surface area (Å²) in [6.45, 7) is 2.39. The third-order valence-electron chi connectivity index (χ3n) is 0.333. The summed E-state index contributed by atoms with van der Waals surface area (Å²) in [5, 5.41) is 27.0. The van der Waals surface area contributed by atoms with Gasteiger partial charge in [-0.3, -0.25) is 0 Å². The van der Waals surface area contributed by atoms with E-state index in [0.29, 0.717) is 26.2 Å². The van der Waals surface area contributed by atoms with E-state index in [-0.39, 0.29) is 16.8 Å². The minimum atomic E-state index is 0. The molecule has 14 heteroatoms. The first kappa shape index (κ1) is 36.0. The van der Waals surface area contributed by atoms with Crippen molar-refractivity contribution < 1.29 is 16.8 Å². The molecule has 0 bridgehead atoms. The van der Waals surface area contributed by atoms with Crippen LogP contribution in [0.3, 0.4) is 0 Å². The van der Waals surface area contributed by atoms with Crippen molar-refractivity contribution in [2.75, 3.05) is 26.2 Å². The van der Waals surface area contributed by atoms with Crippen molar-refractivity contribution in [1.29, 1.82) is 0 Å². The van der Waals surface area contributed by atoms with E-state index in [4.69, 9.17) is 53.3 Å². The summed E-state index contributed by atoms with van der Waals surface area (Å²) in [4.78, 5) is 24.0. The first-order chi connectivity index (χ1) is 8.07. The van der Waals surface area contributed by atoms with E-state index < -0.39 is 0 Å². The van der Waals surface area contributed by atoms with Gasteiger partial charge in [-0.1, -0.05) is 0 Å². The summed E-state index contributed by atoms with van der Waals surface area (Å²) in [6, 6.07) is 0. The summed E-state index contributed by atoms with van der Waals surface area (Å²) in [5.74, 6) is 0. The van der Waals surface area contributed by atoms with Crippen LogP contribution in [0, 0.1) is 30.3 Å². The van der Waals surface area contributed by atoms with Crippen LogP contribution in [-0.2, 0) is 16.8 Å². The molecule has 18 heavy (non-hydrogen) atoms. The third kappa shape index (κ3) is 8940. The minimum absolute atomic E-state index is 0. The average Bonchev–Trinajstić information content (AvgIpc) is 2.32. The van der Waals surface area contributed by atoms with E-state index in [2.05, 4.69) is 0 Å². The first-order valence-corrected chi connectivity index (χ1v) is 3.73. The average molecular weight is 317 g/mol. The van der Waals surface area contributed by atoms with E-state index in [9.17, 15) is 0 Å².